The molecule has 0 saturated carbocycles. The van der Waals surface area contributed by atoms with Crippen LogP contribution in [0.4, 0.5) is 0 Å². The van der Waals surface area contributed by atoms with E-state index in [9.17, 15) is 9.59 Å². The van der Waals surface area contributed by atoms with Gasteiger partial charge >= 0.3 is 11.9 Å². The molecule has 0 heterocycles. The van der Waals surface area contributed by atoms with Crippen LogP contribution in [0.25, 0.3) is 21.5 Å². The lowest BCUT2D eigenvalue weighted by Gasteiger charge is -2.23. The molecule has 0 aliphatic rings. The van der Waals surface area contributed by atoms with Gasteiger partial charge in [0.1, 0.15) is 24.7 Å². The predicted octanol–water partition coefficient (Wildman–Crippen LogP) is 7.03. The zero-order chi connectivity index (χ0) is 30.2. The number of benzene rings is 3. The van der Waals surface area contributed by atoms with Gasteiger partial charge in [-0.1, -0.05) is 89.1 Å². The molecule has 3 rings (SSSR count). The van der Waals surface area contributed by atoms with Crippen LogP contribution in [-0.2, 0) is 28.5 Å². The third-order valence-electron chi connectivity index (χ3n) is 6.73. The number of fused-ring (bicyclic) bond motifs is 2. The highest BCUT2D eigenvalue weighted by molar-refractivity contribution is 6.11. The molecule has 0 saturated heterocycles. The molecule has 0 aliphatic heterocycles. The minimum Gasteiger partial charge on any atom is -0.488 e. The molecular weight excluding hydrogens is 536 g/mol. The summed E-state index contributed by atoms with van der Waals surface area (Å²) in [5.41, 5.74) is 0. The van der Waals surface area contributed by atoms with Crippen LogP contribution in [0.2, 0.25) is 0 Å². The number of carbonyl (C=O) groups is 2. The molecule has 0 spiro atoms. The Morgan fingerprint density at radius 3 is 1.24 bits per heavy atom. The average molecular weight is 583 g/mol. The molecular formula is C34H46O8. The van der Waals surface area contributed by atoms with Crippen molar-refractivity contribution in [1.29, 1.82) is 0 Å². The monoisotopic (exact) mass is 582 g/mol. The van der Waals surface area contributed by atoms with E-state index in [4.69, 9.17) is 28.4 Å². The summed E-state index contributed by atoms with van der Waals surface area (Å²) >= 11 is 0. The van der Waals surface area contributed by atoms with Gasteiger partial charge in [0, 0.05) is 47.6 Å². The van der Waals surface area contributed by atoms with Gasteiger partial charge in [0.15, 0.2) is 12.2 Å². The number of hydrogen-bond acceptors (Lipinski definition) is 8. The average Bonchev–Trinajstić information content (AvgIpc) is 3.02. The fraction of sp³-hybridized carbons (Fsp3) is 0.529. The first-order valence-corrected chi connectivity index (χ1v) is 15.3. The van der Waals surface area contributed by atoms with E-state index >= 15 is 0 Å². The van der Waals surface area contributed by atoms with Crippen LogP contribution in [-0.4, -0.2) is 63.8 Å². The largest absolute Gasteiger partial charge is 0.488 e. The summed E-state index contributed by atoms with van der Waals surface area (Å²) in [5.74, 6) is 0.768. The van der Waals surface area contributed by atoms with E-state index in [-0.39, 0.29) is 51.2 Å². The molecule has 0 radical (unpaired) electrons. The molecule has 0 N–H and O–H groups in total. The fourth-order valence-corrected chi connectivity index (χ4v) is 4.41. The maximum atomic E-state index is 12.1. The highest BCUT2D eigenvalue weighted by atomic mass is 16.6. The second-order valence-electron chi connectivity index (χ2n) is 10.2. The molecule has 2 atom stereocenters. The predicted molar refractivity (Wildman–Crippen MR) is 164 cm³/mol. The van der Waals surface area contributed by atoms with Crippen LogP contribution < -0.4 is 9.47 Å². The molecule has 8 heteroatoms. The van der Waals surface area contributed by atoms with Crippen molar-refractivity contribution in [2.24, 2.45) is 0 Å². The zero-order valence-electron chi connectivity index (χ0n) is 25.5. The third-order valence-corrected chi connectivity index (χ3v) is 6.73. The van der Waals surface area contributed by atoms with E-state index in [1.54, 1.807) is 13.8 Å². The molecule has 0 aliphatic carbocycles. The van der Waals surface area contributed by atoms with Gasteiger partial charge in [-0.2, -0.15) is 0 Å². The first kappa shape index (κ1) is 33.1. The summed E-state index contributed by atoms with van der Waals surface area (Å²) in [5, 5.41) is 3.44. The number of unbranched alkanes of at least 4 members (excludes halogenated alkanes) is 2. The minimum absolute atomic E-state index is 0.149. The van der Waals surface area contributed by atoms with Crippen LogP contribution in [0.5, 0.6) is 11.5 Å². The Morgan fingerprint density at radius 1 is 0.571 bits per heavy atom. The van der Waals surface area contributed by atoms with Gasteiger partial charge in [0.2, 0.25) is 0 Å². The number of hydrogen-bond donors (Lipinski definition) is 0. The molecule has 3 aromatic rings. The second-order valence-corrected chi connectivity index (χ2v) is 10.2. The Balaban J connectivity index is 1.89. The van der Waals surface area contributed by atoms with Crippen molar-refractivity contribution in [3.05, 3.63) is 48.5 Å². The van der Waals surface area contributed by atoms with Crippen molar-refractivity contribution in [2.75, 3.05) is 39.6 Å². The van der Waals surface area contributed by atoms with Gasteiger partial charge in [-0.3, -0.25) is 9.59 Å². The van der Waals surface area contributed by atoms with Crippen LogP contribution >= 0.6 is 0 Å². The number of rotatable bonds is 20. The first-order chi connectivity index (χ1) is 20.5. The summed E-state index contributed by atoms with van der Waals surface area (Å²) in [6, 6.07) is 15.7. The highest BCUT2D eigenvalue weighted by Crippen LogP contribution is 2.42. The molecule has 8 nitrogen and oxygen atoms in total. The normalized spacial score (nSPS) is 12.7. The molecule has 0 aromatic heterocycles. The molecule has 0 amide bonds. The maximum absolute atomic E-state index is 12.1. The standard InChI is InChI=1S/C34H46O8/c1-5-9-19-37-21-25(41-31(35)7-3)23-39-33-27-15-11-13-17-29(27)34(30-18-14-12-16-28(30)33)40-24-26(42-32(36)8-4)22-38-20-10-6-2/h11-18,25-26H,5-10,19-24H2,1-4H3. The quantitative estimate of drug-likeness (QED) is 0.0797. The lowest BCUT2D eigenvalue weighted by molar-refractivity contribution is -0.154. The lowest BCUT2D eigenvalue weighted by Crippen LogP contribution is -2.30. The van der Waals surface area contributed by atoms with E-state index in [2.05, 4.69) is 13.8 Å². The van der Waals surface area contributed by atoms with Gasteiger partial charge in [-0.25, -0.2) is 0 Å². The molecule has 0 fully saturated rings. The fourth-order valence-electron chi connectivity index (χ4n) is 4.41. The van der Waals surface area contributed by atoms with Gasteiger partial charge in [0.05, 0.1) is 13.2 Å². The summed E-state index contributed by atoms with van der Waals surface area (Å²) in [7, 11) is 0. The third kappa shape index (κ3) is 9.88. The van der Waals surface area contributed by atoms with Gasteiger partial charge in [0.25, 0.3) is 0 Å². The van der Waals surface area contributed by atoms with Crippen molar-refractivity contribution in [1.82, 2.24) is 0 Å². The first-order valence-electron chi connectivity index (χ1n) is 15.3. The Labute approximate surface area is 249 Å². The Kier molecular flexibility index (Phi) is 14.4. The zero-order valence-corrected chi connectivity index (χ0v) is 25.5. The number of carbonyl (C=O) groups excluding carboxylic acids is 2. The van der Waals surface area contributed by atoms with E-state index in [1.165, 1.54) is 0 Å². The lowest BCUT2D eigenvalue weighted by atomic mass is 10.0. The Hall–Kier alpha value is -3.36. The minimum atomic E-state index is -0.538. The van der Waals surface area contributed by atoms with Gasteiger partial charge < -0.3 is 28.4 Å². The Bertz CT molecular complexity index is 1100. The molecule has 0 bridgehead atoms. The molecule has 3 aromatic carbocycles. The summed E-state index contributed by atoms with van der Waals surface area (Å²) in [6.07, 6.45) is 3.41. The number of esters is 2. The maximum Gasteiger partial charge on any atom is 0.305 e. The van der Waals surface area contributed by atoms with Crippen molar-refractivity contribution >= 4 is 33.5 Å². The second kappa shape index (κ2) is 18.2. The van der Waals surface area contributed by atoms with Crippen LogP contribution in [0.1, 0.15) is 66.2 Å². The Morgan fingerprint density at radius 2 is 0.929 bits per heavy atom. The van der Waals surface area contributed by atoms with E-state index in [1.807, 2.05) is 48.5 Å². The van der Waals surface area contributed by atoms with Crippen molar-refractivity contribution in [3.63, 3.8) is 0 Å². The van der Waals surface area contributed by atoms with E-state index in [0.717, 1.165) is 47.2 Å². The van der Waals surface area contributed by atoms with Crippen LogP contribution in [0.15, 0.2) is 48.5 Å². The molecule has 230 valence electrons. The van der Waals surface area contributed by atoms with E-state index < -0.39 is 12.2 Å². The highest BCUT2D eigenvalue weighted by Gasteiger charge is 2.21. The topological polar surface area (TPSA) is 89.5 Å². The summed E-state index contributed by atoms with van der Waals surface area (Å²) in [4.78, 5) is 24.2. The smallest absolute Gasteiger partial charge is 0.305 e. The van der Waals surface area contributed by atoms with Crippen molar-refractivity contribution < 1.29 is 38.0 Å². The van der Waals surface area contributed by atoms with Gasteiger partial charge in [-0.15, -0.1) is 0 Å². The van der Waals surface area contributed by atoms with Crippen molar-refractivity contribution in [2.45, 2.75) is 78.4 Å². The molecule has 42 heavy (non-hydrogen) atoms. The van der Waals surface area contributed by atoms with Crippen molar-refractivity contribution in [3.8, 4) is 11.5 Å². The van der Waals surface area contributed by atoms with E-state index in [0.29, 0.717) is 24.7 Å². The van der Waals surface area contributed by atoms with Gasteiger partial charge in [-0.05, 0) is 12.8 Å². The van der Waals surface area contributed by atoms with Crippen LogP contribution in [0.3, 0.4) is 0 Å². The molecule has 2 unspecified atom stereocenters. The van der Waals surface area contributed by atoms with Crippen LogP contribution in [0, 0.1) is 0 Å². The number of ether oxygens (including phenoxy) is 6. The SMILES string of the molecule is CCCCOCC(COc1c2ccccc2c(OCC(COCCCC)OC(=O)CC)c2ccccc12)OC(=O)CC. The summed E-state index contributed by atoms with van der Waals surface area (Å²) in [6.45, 7) is 9.77. The summed E-state index contributed by atoms with van der Waals surface area (Å²) < 4.78 is 35.7.